The molecular formula is C19H17ClO3. The molecule has 0 unspecified atom stereocenters. The van der Waals surface area contributed by atoms with E-state index >= 15 is 0 Å². The fraction of sp³-hybridized carbons (Fsp3) is 0.316. The minimum absolute atomic E-state index is 0.169. The lowest BCUT2D eigenvalue weighted by atomic mass is 9.95. The van der Waals surface area contributed by atoms with Gasteiger partial charge in [-0.3, -0.25) is 4.79 Å². The lowest BCUT2D eigenvalue weighted by molar-refractivity contribution is -0.139. The van der Waals surface area contributed by atoms with Gasteiger partial charge in [0.25, 0.3) is 0 Å². The quantitative estimate of drug-likeness (QED) is 0.886. The highest BCUT2D eigenvalue weighted by atomic mass is 35.5. The molecule has 2 atom stereocenters. The van der Waals surface area contributed by atoms with E-state index in [1.807, 2.05) is 37.3 Å². The van der Waals surface area contributed by atoms with Crippen LogP contribution >= 0.6 is 11.6 Å². The Bertz CT molecular complexity index is 814. The molecule has 2 aromatic rings. The maximum atomic E-state index is 11.3. The summed E-state index contributed by atoms with van der Waals surface area (Å²) in [7, 11) is 0. The van der Waals surface area contributed by atoms with Crippen LogP contribution in [0.5, 0.6) is 11.5 Å². The molecule has 23 heavy (non-hydrogen) atoms. The molecule has 4 rings (SSSR count). The first-order chi connectivity index (χ1) is 11.0. The van der Waals surface area contributed by atoms with Gasteiger partial charge in [0.05, 0.1) is 10.9 Å². The summed E-state index contributed by atoms with van der Waals surface area (Å²) < 4.78 is 5.93. The zero-order chi connectivity index (χ0) is 16.2. The zero-order valence-electron chi connectivity index (χ0n) is 12.8. The SMILES string of the molecule is Cc1ccc(Oc2ccc3c(c2)[C@]2(CC3)C[C@H]2C(=O)O)c(Cl)c1. The van der Waals surface area contributed by atoms with Crippen LogP contribution in [0.4, 0.5) is 0 Å². The van der Waals surface area contributed by atoms with Crippen LogP contribution in [-0.2, 0) is 16.6 Å². The Labute approximate surface area is 139 Å². The highest BCUT2D eigenvalue weighted by Crippen LogP contribution is 2.62. The lowest BCUT2D eigenvalue weighted by Gasteiger charge is -2.13. The minimum Gasteiger partial charge on any atom is -0.481 e. The second-order valence-corrected chi connectivity index (χ2v) is 7.01. The van der Waals surface area contributed by atoms with Crippen LogP contribution in [0.2, 0.25) is 5.02 Å². The largest absolute Gasteiger partial charge is 0.481 e. The monoisotopic (exact) mass is 328 g/mol. The average Bonchev–Trinajstić information content (AvgIpc) is 3.14. The molecule has 0 bridgehead atoms. The van der Waals surface area contributed by atoms with Gasteiger partial charge in [-0.05, 0) is 67.1 Å². The fourth-order valence-electron chi connectivity index (χ4n) is 3.81. The third kappa shape index (κ3) is 2.31. The first-order valence-corrected chi connectivity index (χ1v) is 8.18. The Hall–Kier alpha value is -2.00. The van der Waals surface area contributed by atoms with Crippen LogP contribution in [0.3, 0.4) is 0 Å². The van der Waals surface area contributed by atoms with E-state index in [1.54, 1.807) is 0 Å². The molecule has 0 saturated heterocycles. The van der Waals surface area contributed by atoms with E-state index in [2.05, 4.69) is 6.07 Å². The molecule has 2 aromatic carbocycles. The molecule has 4 heteroatoms. The van der Waals surface area contributed by atoms with Crippen molar-refractivity contribution < 1.29 is 14.6 Å². The van der Waals surface area contributed by atoms with Gasteiger partial charge >= 0.3 is 5.97 Å². The smallest absolute Gasteiger partial charge is 0.307 e. The Morgan fingerprint density at radius 1 is 1.30 bits per heavy atom. The first kappa shape index (κ1) is 14.6. The standard InChI is InChI=1S/C19H17ClO3/c1-11-2-5-17(16(20)8-11)23-13-4-3-12-6-7-19(14(12)9-13)10-15(19)18(21)22/h2-5,8-9,15H,6-7,10H2,1H3,(H,21,22)/t15-,19-/m0/s1. The van der Waals surface area contributed by atoms with Crippen molar-refractivity contribution in [1.29, 1.82) is 0 Å². The van der Waals surface area contributed by atoms with Crippen molar-refractivity contribution in [3.05, 3.63) is 58.1 Å². The van der Waals surface area contributed by atoms with Gasteiger partial charge in [0.2, 0.25) is 0 Å². The van der Waals surface area contributed by atoms with Gasteiger partial charge in [0.1, 0.15) is 11.5 Å². The normalized spacial score (nSPS) is 24.5. The Morgan fingerprint density at radius 3 is 2.83 bits per heavy atom. The number of benzene rings is 2. The molecule has 1 spiro atoms. The summed E-state index contributed by atoms with van der Waals surface area (Å²) in [5.41, 5.74) is 3.30. The van der Waals surface area contributed by atoms with Crippen molar-refractivity contribution in [2.45, 2.75) is 31.6 Å². The first-order valence-electron chi connectivity index (χ1n) is 7.80. The van der Waals surface area contributed by atoms with E-state index in [0.717, 1.165) is 30.4 Å². The van der Waals surface area contributed by atoms with Crippen molar-refractivity contribution in [1.82, 2.24) is 0 Å². The molecule has 118 valence electrons. The van der Waals surface area contributed by atoms with Gasteiger partial charge < -0.3 is 9.84 Å². The second kappa shape index (κ2) is 5.00. The highest BCUT2D eigenvalue weighted by Gasteiger charge is 2.61. The van der Waals surface area contributed by atoms with Gasteiger partial charge in [0.15, 0.2) is 0 Å². The summed E-state index contributed by atoms with van der Waals surface area (Å²) in [5.74, 6) is 0.398. The number of aliphatic carboxylic acids is 1. The number of rotatable bonds is 3. The van der Waals surface area contributed by atoms with Crippen LogP contribution in [0.15, 0.2) is 36.4 Å². The zero-order valence-corrected chi connectivity index (χ0v) is 13.6. The van der Waals surface area contributed by atoms with E-state index < -0.39 is 5.97 Å². The van der Waals surface area contributed by atoms with E-state index in [9.17, 15) is 9.90 Å². The van der Waals surface area contributed by atoms with Gasteiger partial charge in [-0.15, -0.1) is 0 Å². The maximum Gasteiger partial charge on any atom is 0.307 e. The average molecular weight is 329 g/mol. The second-order valence-electron chi connectivity index (χ2n) is 6.61. The number of aryl methyl sites for hydroxylation is 2. The molecule has 0 heterocycles. The molecule has 3 nitrogen and oxygen atoms in total. The van der Waals surface area contributed by atoms with Crippen molar-refractivity contribution >= 4 is 17.6 Å². The predicted octanol–water partition coefficient (Wildman–Crippen LogP) is 4.73. The Kier molecular flexibility index (Phi) is 3.17. The number of halogens is 1. The number of fused-ring (bicyclic) bond motifs is 2. The summed E-state index contributed by atoms with van der Waals surface area (Å²) in [6.45, 7) is 1.98. The maximum absolute atomic E-state index is 11.3. The highest BCUT2D eigenvalue weighted by molar-refractivity contribution is 6.32. The lowest BCUT2D eigenvalue weighted by Crippen LogP contribution is -2.11. The van der Waals surface area contributed by atoms with Crippen molar-refractivity contribution in [2.75, 3.05) is 0 Å². The van der Waals surface area contributed by atoms with Gasteiger partial charge in [0, 0.05) is 5.41 Å². The van der Waals surface area contributed by atoms with Crippen LogP contribution in [0, 0.1) is 12.8 Å². The minimum atomic E-state index is -0.689. The van der Waals surface area contributed by atoms with Crippen molar-refractivity contribution in [3.63, 3.8) is 0 Å². The van der Waals surface area contributed by atoms with Gasteiger partial charge in [-0.25, -0.2) is 0 Å². The van der Waals surface area contributed by atoms with Crippen LogP contribution in [-0.4, -0.2) is 11.1 Å². The molecule has 1 fully saturated rings. The number of carbonyl (C=O) groups is 1. The number of hydrogen-bond donors (Lipinski definition) is 1. The van der Waals surface area contributed by atoms with Crippen LogP contribution in [0.1, 0.15) is 29.5 Å². The van der Waals surface area contributed by atoms with Crippen LogP contribution < -0.4 is 4.74 Å². The molecule has 1 N–H and O–H groups in total. The third-order valence-electron chi connectivity index (χ3n) is 5.15. The predicted molar refractivity (Wildman–Crippen MR) is 88.4 cm³/mol. The summed E-state index contributed by atoms with van der Waals surface area (Å²) in [6.07, 6.45) is 2.61. The number of carboxylic acids is 1. The van der Waals surface area contributed by atoms with E-state index in [0.29, 0.717) is 16.5 Å². The summed E-state index contributed by atoms with van der Waals surface area (Å²) in [6, 6.07) is 11.7. The molecule has 1 saturated carbocycles. The molecule has 0 aromatic heterocycles. The Morgan fingerprint density at radius 2 is 2.13 bits per heavy atom. The Balaban J connectivity index is 1.65. The molecule has 0 aliphatic heterocycles. The van der Waals surface area contributed by atoms with Crippen molar-refractivity contribution in [3.8, 4) is 11.5 Å². The van der Waals surface area contributed by atoms with Crippen molar-refractivity contribution in [2.24, 2.45) is 5.92 Å². The molecule has 2 aliphatic carbocycles. The number of hydrogen-bond acceptors (Lipinski definition) is 2. The van der Waals surface area contributed by atoms with Crippen LogP contribution in [0.25, 0.3) is 0 Å². The van der Waals surface area contributed by atoms with E-state index in [1.165, 1.54) is 5.56 Å². The molecule has 2 aliphatic rings. The number of ether oxygens (including phenoxy) is 1. The summed E-state index contributed by atoms with van der Waals surface area (Å²) in [5, 5.41) is 9.90. The van der Waals surface area contributed by atoms with E-state index in [4.69, 9.17) is 16.3 Å². The summed E-state index contributed by atoms with van der Waals surface area (Å²) in [4.78, 5) is 11.3. The molecule has 0 amide bonds. The third-order valence-corrected chi connectivity index (χ3v) is 5.44. The topological polar surface area (TPSA) is 46.5 Å². The summed E-state index contributed by atoms with van der Waals surface area (Å²) >= 11 is 6.23. The van der Waals surface area contributed by atoms with Gasteiger partial charge in [-0.1, -0.05) is 23.7 Å². The molecule has 0 radical (unpaired) electrons. The van der Waals surface area contributed by atoms with E-state index in [-0.39, 0.29) is 11.3 Å². The fourth-order valence-corrected chi connectivity index (χ4v) is 4.09. The van der Waals surface area contributed by atoms with Gasteiger partial charge in [-0.2, -0.15) is 0 Å². The number of carboxylic acid groups (broad SMARTS) is 1. The molecular weight excluding hydrogens is 312 g/mol.